The number of guanidine groups is 1. The van der Waals surface area contributed by atoms with E-state index in [-0.39, 0.29) is 30.0 Å². The van der Waals surface area contributed by atoms with Gasteiger partial charge in [0.25, 0.3) is 0 Å². The molecule has 1 aliphatic heterocycles. The van der Waals surface area contributed by atoms with Crippen LogP contribution in [0.2, 0.25) is 0 Å². The summed E-state index contributed by atoms with van der Waals surface area (Å²) in [6, 6.07) is 10.4. The van der Waals surface area contributed by atoms with E-state index in [1.165, 1.54) is 0 Å². The highest BCUT2D eigenvalue weighted by Crippen LogP contribution is 2.23. The van der Waals surface area contributed by atoms with Crippen molar-refractivity contribution in [1.82, 2.24) is 25.4 Å². The maximum Gasteiger partial charge on any atom is 0.191 e. The van der Waals surface area contributed by atoms with Gasteiger partial charge in [0.15, 0.2) is 11.8 Å². The molecule has 0 bridgehead atoms. The van der Waals surface area contributed by atoms with Crippen LogP contribution in [0.4, 0.5) is 5.69 Å². The average molecular weight is 536 g/mol. The highest BCUT2D eigenvalue weighted by molar-refractivity contribution is 14.0. The van der Waals surface area contributed by atoms with Crippen LogP contribution in [0, 0.1) is 18.3 Å². The van der Waals surface area contributed by atoms with Gasteiger partial charge in [0.2, 0.25) is 0 Å². The predicted octanol–water partition coefficient (Wildman–Crippen LogP) is 3.12. The maximum absolute atomic E-state index is 9.45. The number of halogens is 1. The smallest absolute Gasteiger partial charge is 0.191 e. The number of hydrogen-bond donors (Lipinski definition) is 2. The number of aromatic nitrogens is 3. The fraction of sp³-hybridized carbons (Fsp3) is 0.545. The molecular formula is C22H33IN8. The van der Waals surface area contributed by atoms with Crippen LogP contribution in [0.15, 0.2) is 29.3 Å². The normalized spacial score (nSPS) is 16.4. The summed E-state index contributed by atoms with van der Waals surface area (Å²) in [5.41, 5.74) is 1.74. The van der Waals surface area contributed by atoms with Crippen molar-refractivity contribution >= 4 is 35.6 Å². The van der Waals surface area contributed by atoms with E-state index in [1.807, 2.05) is 42.8 Å². The first kappa shape index (κ1) is 24.9. The number of aliphatic imine (C=N–C) groups is 1. The Morgan fingerprint density at radius 2 is 2.13 bits per heavy atom. The van der Waals surface area contributed by atoms with Gasteiger partial charge in [-0.15, -0.1) is 34.2 Å². The molecule has 1 fully saturated rings. The summed E-state index contributed by atoms with van der Waals surface area (Å²) in [5.74, 6) is 2.54. The van der Waals surface area contributed by atoms with Crippen LogP contribution >= 0.6 is 24.0 Å². The lowest BCUT2D eigenvalue weighted by Crippen LogP contribution is -2.51. The minimum Gasteiger partial charge on any atom is -0.368 e. The first-order chi connectivity index (χ1) is 14.6. The molecule has 31 heavy (non-hydrogen) atoms. The van der Waals surface area contributed by atoms with Crippen LogP contribution in [-0.4, -0.2) is 46.4 Å². The molecule has 0 amide bonds. The minimum atomic E-state index is 0. The number of nitrogens with one attached hydrogen (secondary N) is 2. The van der Waals surface area contributed by atoms with E-state index in [9.17, 15) is 5.26 Å². The number of rotatable bonds is 7. The lowest BCUT2D eigenvalue weighted by molar-refractivity contribution is 0.467. The lowest BCUT2D eigenvalue weighted by atomic mass is 10.0. The third-order valence-electron chi connectivity index (χ3n) is 5.51. The molecule has 3 rings (SSSR count). The number of anilines is 1. The Kier molecular flexibility index (Phi) is 10.0. The van der Waals surface area contributed by atoms with Gasteiger partial charge in [0, 0.05) is 32.7 Å². The lowest BCUT2D eigenvalue weighted by Gasteiger charge is -2.35. The highest BCUT2D eigenvalue weighted by Gasteiger charge is 2.22. The number of aryl methyl sites for hydroxylation is 1. The quantitative estimate of drug-likeness (QED) is 0.245. The topological polar surface area (TPSA) is 94.2 Å². The number of nitriles is 1. The third kappa shape index (κ3) is 6.82. The van der Waals surface area contributed by atoms with Crippen molar-refractivity contribution in [1.29, 1.82) is 5.26 Å². The third-order valence-corrected chi connectivity index (χ3v) is 5.51. The molecule has 2 N–H and O–H groups in total. The molecule has 1 atom stereocenters. The highest BCUT2D eigenvalue weighted by atomic mass is 127. The van der Waals surface area contributed by atoms with Gasteiger partial charge in [-0.2, -0.15) is 5.26 Å². The maximum atomic E-state index is 9.45. The Morgan fingerprint density at radius 3 is 2.84 bits per heavy atom. The van der Waals surface area contributed by atoms with Crippen LogP contribution in [0.3, 0.4) is 0 Å². The summed E-state index contributed by atoms with van der Waals surface area (Å²) in [4.78, 5) is 7.07. The molecule has 0 aliphatic carbocycles. The molecule has 0 spiro atoms. The number of hydrogen-bond acceptors (Lipinski definition) is 5. The fourth-order valence-electron chi connectivity index (χ4n) is 3.63. The summed E-state index contributed by atoms with van der Waals surface area (Å²) < 4.78 is 1.97. The molecular weight excluding hydrogens is 503 g/mol. The van der Waals surface area contributed by atoms with Crippen LogP contribution in [0.1, 0.15) is 49.8 Å². The summed E-state index contributed by atoms with van der Waals surface area (Å²) in [6.45, 7) is 7.29. The number of para-hydroxylation sites is 1. The number of unbranched alkanes of at least 4 members (excludes halogenated alkanes) is 1. The Hall–Kier alpha value is -2.35. The molecule has 1 unspecified atom stereocenters. The van der Waals surface area contributed by atoms with Crippen molar-refractivity contribution in [3.8, 4) is 6.07 Å². The second-order valence-corrected chi connectivity index (χ2v) is 7.73. The Bertz CT molecular complexity index is 901. The Balaban J connectivity index is 0.00000341. The SMILES string of the molecule is CCCCNC(=NCc1nnc(C)n1C)NC1CCCN(c2ccccc2C#N)C1.I. The van der Waals surface area contributed by atoms with Gasteiger partial charge in [-0.1, -0.05) is 25.5 Å². The Morgan fingerprint density at radius 1 is 1.32 bits per heavy atom. The average Bonchev–Trinajstić information content (AvgIpc) is 3.10. The van der Waals surface area contributed by atoms with Gasteiger partial charge in [0.1, 0.15) is 18.4 Å². The van der Waals surface area contributed by atoms with Gasteiger partial charge in [-0.3, -0.25) is 0 Å². The second-order valence-electron chi connectivity index (χ2n) is 7.73. The molecule has 1 saturated heterocycles. The van der Waals surface area contributed by atoms with Gasteiger partial charge in [-0.25, -0.2) is 4.99 Å². The molecule has 8 nitrogen and oxygen atoms in total. The zero-order chi connectivity index (χ0) is 21.3. The number of piperidine rings is 1. The van der Waals surface area contributed by atoms with E-state index in [0.717, 1.165) is 74.2 Å². The zero-order valence-corrected chi connectivity index (χ0v) is 21.0. The van der Waals surface area contributed by atoms with Crippen LogP contribution in [0.25, 0.3) is 0 Å². The first-order valence-electron chi connectivity index (χ1n) is 10.8. The van der Waals surface area contributed by atoms with Gasteiger partial charge in [-0.05, 0) is 38.3 Å². The van der Waals surface area contributed by atoms with Crippen molar-refractivity contribution in [3.63, 3.8) is 0 Å². The molecule has 1 aliphatic rings. The summed E-state index contributed by atoms with van der Waals surface area (Å²) >= 11 is 0. The molecule has 2 aromatic rings. The van der Waals surface area contributed by atoms with Crippen LogP contribution < -0.4 is 15.5 Å². The van der Waals surface area contributed by atoms with Crippen LogP contribution in [0.5, 0.6) is 0 Å². The van der Waals surface area contributed by atoms with Crippen molar-refractivity contribution in [2.24, 2.45) is 12.0 Å². The van der Waals surface area contributed by atoms with Crippen molar-refractivity contribution in [2.75, 3.05) is 24.5 Å². The summed E-state index contributed by atoms with van der Waals surface area (Å²) in [5, 5.41) is 24.8. The summed E-state index contributed by atoms with van der Waals surface area (Å²) in [6.07, 6.45) is 4.37. The van der Waals surface area contributed by atoms with E-state index in [0.29, 0.717) is 6.54 Å². The van der Waals surface area contributed by atoms with E-state index >= 15 is 0 Å². The minimum absolute atomic E-state index is 0. The van der Waals surface area contributed by atoms with Crippen molar-refractivity contribution in [3.05, 3.63) is 41.5 Å². The Labute approximate surface area is 202 Å². The predicted molar refractivity (Wildman–Crippen MR) is 135 cm³/mol. The molecule has 9 heteroatoms. The monoisotopic (exact) mass is 536 g/mol. The fourth-order valence-corrected chi connectivity index (χ4v) is 3.63. The van der Waals surface area contributed by atoms with Gasteiger partial charge < -0.3 is 20.1 Å². The molecule has 0 radical (unpaired) electrons. The number of benzene rings is 1. The molecule has 1 aromatic heterocycles. The molecule has 168 valence electrons. The van der Waals surface area contributed by atoms with Crippen molar-refractivity contribution < 1.29 is 0 Å². The van der Waals surface area contributed by atoms with Crippen molar-refractivity contribution in [2.45, 2.75) is 52.1 Å². The van der Waals surface area contributed by atoms with Gasteiger partial charge in [0.05, 0.1) is 11.3 Å². The first-order valence-corrected chi connectivity index (χ1v) is 10.8. The number of nitrogens with zero attached hydrogens (tertiary/aromatic N) is 6. The van der Waals surface area contributed by atoms with E-state index in [1.54, 1.807) is 0 Å². The largest absolute Gasteiger partial charge is 0.368 e. The standard InChI is InChI=1S/C22H32N8.HI/c1-4-5-12-24-22(25-15-21-28-27-17(2)29(21)3)26-19-10-8-13-30(16-19)20-11-7-6-9-18(20)14-23;/h6-7,9,11,19H,4-5,8,10,12-13,15-16H2,1-3H3,(H2,24,25,26);1H. The molecule has 1 aromatic carbocycles. The molecule has 2 heterocycles. The van der Waals surface area contributed by atoms with E-state index in [4.69, 9.17) is 4.99 Å². The summed E-state index contributed by atoms with van der Waals surface area (Å²) in [7, 11) is 1.96. The van der Waals surface area contributed by atoms with E-state index < -0.39 is 0 Å². The van der Waals surface area contributed by atoms with Crippen LogP contribution in [-0.2, 0) is 13.6 Å². The molecule has 0 saturated carbocycles. The second kappa shape index (κ2) is 12.5. The van der Waals surface area contributed by atoms with Gasteiger partial charge >= 0.3 is 0 Å². The van der Waals surface area contributed by atoms with E-state index in [2.05, 4.69) is 38.7 Å². The zero-order valence-electron chi connectivity index (χ0n) is 18.6.